The van der Waals surface area contributed by atoms with E-state index in [1.807, 2.05) is 43.5 Å². The largest absolute Gasteiger partial charge is 0.494 e. The number of aryl methyl sites for hydroxylation is 1. The van der Waals surface area contributed by atoms with Crippen molar-refractivity contribution in [2.45, 2.75) is 26.3 Å². The molecule has 2 N–H and O–H groups in total. The first-order valence-corrected chi connectivity index (χ1v) is 6.61. The molecule has 1 aromatic heterocycles. The van der Waals surface area contributed by atoms with Crippen LogP contribution in [0.3, 0.4) is 0 Å². The van der Waals surface area contributed by atoms with Crippen molar-refractivity contribution in [3.63, 3.8) is 0 Å². The lowest BCUT2D eigenvalue weighted by Crippen LogP contribution is -2.13. The zero-order valence-corrected chi connectivity index (χ0v) is 11.5. The summed E-state index contributed by atoms with van der Waals surface area (Å²) in [5.41, 5.74) is 9.60. The first-order valence-electron chi connectivity index (χ1n) is 6.61. The van der Waals surface area contributed by atoms with E-state index >= 15 is 0 Å². The van der Waals surface area contributed by atoms with E-state index in [2.05, 4.69) is 11.9 Å². The van der Waals surface area contributed by atoms with Gasteiger partial charge in [0.15, 0.2) is 0 Å². The van der Waals surface area contributed by atoms with Crippen LogP contribution in [0.25, 0.3) is 0 Å². The predicted octanol–water partition coefficient (Wildman–Crippen LogP) is 3.23. The number of ether oxygens (including phenoxy) is 1. The van der Waals surface area contributed by atoms with E-state index in [9.17, 15) is 0 Å². The van der Waals surface area contributed by atoms with Crippen LogP contribution in [-0.2, 0) is 0 Å². The van der Waals surface area contributed by atoms with E-state index in [-0.39, 0.29) is 6.04 Å². The summed E-state index contributed by atoms with van der Waals surface area (Å²) in [6.07, 6.45) is 4.63. The highest BCUT2D eigenvalue weighted by atomic mass is 16.5. The third-order valence-corrected chi connectivity index (χ3v) is 3.11. The van der Waals surface area contributed by atoms with Crippen molar-refractivity contribution in [3.8, 4) is 5.75 Å². The molecule has 1 unspecified atom stereocenters. The Balaban J connectivity index is 2.16. The summed E-state index contributed by atoms with van der Waals surface area (Å²) in [5, 5.41) is 0. The van der Waals surface area contributed by atoms with Crippen molar-refractivity contribution >= 4 is 0 Å². The number of nitrogens with zero attached hydrogens (tertiary/aromatic N) is 1. The molecule has 2 aromatic rings. The van der Waals surface area contributed by atoms with Crippen molar-refractivity contribution < 1.29 is 4.74 Å². The number of aromatic nitrogens is 1. The van der Waals surface area contributed by atoms with Gasteiger partial charge in [-0.1, -0.05) is 19.1 Å². The predicted molar refractivity (Wildman–Crippen MR) is 77.2 cm³/mol. The van der Waals surface area contributed by atoms with Gasteiger partial charge in [-0.15, -0.1) is 0 Å². The second kappa shape index (κ2) is 6.34. The molecule has 0 aliphatic carbocycles. The Morgan fingerprint density at radius 2 is 1.95 bits per heavy atom. The topological polar surface area (TPSA) is 48.1 Å². The number of nitrogens with two attached hydrogens (primary N) is 1. The zero-order valence-electron chi connectivity index (χ0n) is 11.5. The summed E-state index contributed by atoms with van der Waals surface area (Å²) in [5.74, 6) is 0.893. The number of benzene rings is 1. The summed E-state index contributed by atoms with van der Waals surface area (Å²) in [7, 11) is 0. The van der Waals surface area contributed by atoms with Crippen LogP contribution >= 0.6 is 0 Å². The Morgan fingerprint density at radius 3 is 2.58 bits per heavy atom. The second-order valence-corrected chi connectivity index (χ2v) is 4.63. The fraction of sp³-hybridized carbons (Fsp3) is 0.312. The van der Waals surface area contributed by atoms with Gasteiger partial charge in [0.25, 0.3) is 0 Å². The van der Waals surface area contributed by atoms with Crippen molar-refractivity contribution in [3.05, 3.63) is 59.4 Å². The van der Waals surface area contributed by atoms with Gasteiger partial charge in [-0.25, -0.2) is 0 Å². The molecule has 1 heterocycles. The minimum absolute atomic E-state index is 0.122. The number of pyridine rings is 1. The van der Waals surface area contributed by atoms with Gasteiger partial charge in [-0.2, -0.15) is 0 Å². The lowest BCUT2D eigenvalue weighted by Gasteiger charge is -2.15. The van der Waals surface area contributed by atoms with E-state index in [1.54, 1.807) is 6.20 Å². The molecule has 19 heavy (non-hydrogen) atoms. The van der Waals surface area contributed by atoms with Crippen molar-refractivity contribution in [1.29, 1.82) is 0 Å². The molecule has 0 saturated carbocycles. The zero-order chi connectivity index (χ0) is 13.7. The van der Waals surface area contributed by atoms with Crippen molar-refractivity contribution in [2.24, 2.45) is 5.73 Å². The molecule has 0 aliphatic heterocycles. The Bertz CT molecular complexity index is 523. The lowest BCUT2D eigenvalue weighted by molar-refractivity contribution is 0.317. The Hall–Kier alpha value is -1.87. The molecule has 0 aliphatic rings. The smallest absolute Gasteiger partial charge is 0.119 e. The van der Waals surface area contributed by atoms with Crippen LogP contribution < -0.4 is 10.5 Å². The Labute approximate surface area is 114 Å². The molecule has 1 aromatic carbocycles. The van der Waals surface area contributed by atoms with Crippen LogP contribution in [0.2, 0.25) is 0 Å². The molecule has 0 radical (unpaired) electrons. The summed E-state index contributed by atoms with van der Waals surface area (Å²) >= 11 is 0. The molecule has 2 rings (SSSR count). The summed E-state index contributed by atoms with van der Waals surface area (Å²) in [6.45, 7) is 4.87. The maximum atomic E-state index is 6.30. The van der Waals surface area contributed by atoms with Crippen LogP contribution in [0.1, 0.15) is 36.1 Å². The van der Waals surface area contributed by atoms with E-state index in [4.69, 9.17) is 10.5 Å². The quantitative estimate of drug-likeness (QED) is 0.893. The summed E-state index contributed by atoms with van der Waals surface area (Å²) < 4.78 is 5.57. The van der Waals surface area contributed by atoms with Crippen molar-refractivity contribution in [1.82, 2.24) is 4.98 Å². The van der Waals surface area contributed by atoms with Gasteiger partial charge in [0.05, 0.1) is 12.6 Å². The van der Waals surface area contributed by atoms with E-state index in [0.717, 1.165) is 35.5 Å². The van der Waals surface area contributed by atoms with Crippen LogP contribution in [0, 0.1) is 6.92 Å². The molecule has 0 fully saturated rings. The van der Waals surface area contributed by atoms with Crippen LogP contribution in [0.5, 0.6) is 5.75 Å². The Morgan fingerprint density at radius 1 is 1.21 bits per heavy atom. The second-order valence-electron chi connectivity index (χ2n) is 4.63. The van der Waals surface area contributed by atoms with Crippen LogP contribution in [0.4, 0.5) is 0 Å². The SMILES string of the molecule is CCCOc1ccc(C(N)c2ccncc2C)cc1. The molecule has 100 valence electrons. The molecule has 0 saturated heterocycles. The van der Waals surface area contributed by atoms with Crippen LogP contribution in [-0.4, -0.2) is 11.6 Å². The summed E-state index contributed by atoms with van der Waals surface area (Å²) in [6, 6.07) is 9.85. The molecule has 0 spiro atoms. The van der Waals surface area contributed by atoms with Crippen LogP contribution in [0.15, 0.2) is 42.7 Å². The lowest BCUT2D eigenvalue weighted by atomic mass is 9.97. The monoisotopic (exact) mass is 256 g/mol. The molecule has 1 atom stereocenters. The highest BCUT2D eigenvalue weighted by Gasteiger charge is 2.11. The maximum absolute atomic E-state index is 6.30. The molecule has 0 amide bonds. The van der Waals surface area contributed by atoms with Gasteiger partial charge in [-0.3, -0.25) is 4.98 Å². The number of hydrogen-bond acceptors (Lipinski definition) is 3. The van der Waals surface area contributed by atoms with Gasteiger partial charge in [0, 0.05) is 12.4 Å². The third-order valence-electron chi connectivity index (χ3n) is 3.11. The highest BCUT2D eigenvalue weighted by molar-refractivity contribution is 5.37. The molecule has 3 nitrogen and oxygen atoms in total. The normalized spacial score (nSPS) is 12.2. The summed E-state index contributed by atoms with van der Waals surface area (Å²) in [4.78, 5) is 4.09. The van der Waals surface area contributed by atoms with E-state index in [1.165, 1.54) is 0 Å². The minimum atomic E-state index is -0.122. The van der Waals surface area contributed by atoms with Gasteiger partial charge in [-0.05, 0) is 48.2 Å². The maximum Gasteiger partial charge on any atom is 0.119 e. The highest BCUT2D eigenvalue weighted by Crippen LogP contribution is 2.23. The molecule has 0 bridgehead atoms. The third kappa shape index (κ3) is 3.32. The number of rotatable bonds is 5. The first-order chi connectivity index (χ1) is 9.22. The fourth-order valence-corrected chi connectivity index (χ4v) is 2.00. The van der Waals surface area contributed by atoms with Gasteiger partial charge < -0.3 is 10.5 Å². The van der Waals surface area contributed by atoms with Gasteiger partial charge >= 0.3 is 0 Å². The average Bonchev–Trinajstić information content (AvgIpc) is 2.45. The Kier molecular flexibility index (Phi) is 4.53. The molecular formula is C16H20N2O. The fourth-order valence-electron chi connectivity index (χ4n) is 2.00. The minimum Gasteiger partial charge on any atom is -0.494 e. The molecular weight excluding hydrogens is 236 g/mol. The molecule has 3 heteroatoms. The van der Waals surface area contributed by atoms with E-state index in [0.29, 0.717) is 0 Å². The first kappa shape index (κ1) is 13.6. The van der Waals surface area contributed by atoms with E-state index < -0.39 is 0 Å². The van der Waals surface area contributed by atoms with Gasteiger partial charge in [0.2, 0.25) is 0 Å². The standard InChI is InChI=1S/C16H20N2O/c1-3-10-19-14-6-4-13(5-7-14)16(17)15-8-9-18-11-12(15)2/h4-9,11,16H,3,10,17H2,1-2H3. The van der Waals surface area contributed by atoms with Crippen molar-refractivity contribution in [2.75, 3.05) is 6.61 Å². The average molecular weight is 256 g/mol. The number of hydrogen-bond donors (Lipinski definition) is 1. The van der Waals surface area contributed by atoms with Gasteiger partial charge in [0.1, 0.15) is 5.75 Å².